The Labute approximate surface area is 155 Å². The largest absolute Gasteiger partial charge is 0.416 e. The van der Waals surface area contributed by atoms with Crippen molar-refractivity contribution in [3.8, 4) is 0 Å². The second kappa shape index (κ2) is 6.99. The number of carbonyl (C=O) groups is 1. The van der Waals surface area contributed by atoms with Crippen LogP contribution < -0.4 is 4.90 Å². The molecule has 0 N–H and O–H groups in total. The summed E-state index contributed by atoms with van der Waals surface area (Å²) in [4.78, 5) is 14.2. The van der Waals surface area contributed by atoms with Crippen LogP contribution in [0.5, 0.6) is 0 Å². The van der Waals surface area contributed by atoms with Gasteiger partial charge in [-0.3, -0.25) is 4.79 Å². The third-order valence-electron chi connectivity index (χ3n) is 4.66. The number of carbonyl (C=O) groups excluding carboxylic acids is 1. The van der Waals surface area contributed by atoms with Crippen molar-refractivity contribution in [2.75, 3.05) is 11.4 Å². The third kappa shape index (κ3) is 4.00. The van der Waals surface area contributed by atoms with Crippen molar-refractivity contribution in [3.63, 3.8) is 0 Å². The van der Waals surface area contributed by atoms with Crippen molar-refractivity contribution >= 4 is 21.4 Å². The predicted octanol–water partition coefficient (Wildman–Crippen LogP) is 3.60. The molecule has 1 atom stereocenters. The molecule has 4 nitrogen and oxygen atoms in total. The summed E-state index contributed by atoms with van der Waals surface area (Å²) < 4.78 is 63.8. The van der Waals surface area contributed by atoms with Gasteiger partial charge in [0.2, 0.25) is 5.91 Å². The third-order valence-corrected chi connectivity index (χ3v) is 6.68. The molecule has 0 fully saturated rings. The van der Waals surface area contributed by atoms with Gasteiger partial charge < -0.3 is 4.90 Å². The normalized spacial score (nSPS) is 15.5. The number of hydrogen-bond donors (Lipinski definition) is 0. The molecule has 144 valence electrons. The lowest BCUT2D eigenvalue weighted by molar-refractivity contribution is -0.137. The average Bonchev–Trinajstić information content (AvgIpc) is 3.03. The highest BCUT2D eigenvalue weighted by atomic mass is 32.2. The van der Waals surface area contributed by atoms with Crippen molar-refractivity contribution in [2.45, 2.75) is 30.5 Å². The fourth-order valence-electron chi connectivity index (χ4n) is 3.13. The number of nitrogens with zero attached hydrogens (tertiary/aromatic N) is 1. The summed E-state index contributed by atoms with van der Waals surface area (Å²) in [5.41, 5.74) is 0.742. The van der Waals surface area contributed by atoms with E-state index in [9.17, 15) is 26.4 Å². The van der Waals surface area contributed by atoms with E-state index in [2.05, 4.69) is 0 Å². The summed E-state index contributed by atoms with van der Waals surface area (Å²) in [7, 11) is -3.97. The molecule has 1 amide bonds. The molecule has 0 saturated carbocycles. The Morgan fingerprint density at radius 3 is 2.56 bits per heavy atom. The maximum Gasteiger partial charge on any atom is 0.416 e. The number of halogens is 3. The van der Waals surface area contributed by atoms with Crippen LogP contribution >= 0.6 is 0 Å². The standard InChI is InChI=1S/C19H18F3NO3S/c1-13(18(24)23-10-9-15-6-2-3-8-17(15)23)27(25,26)12-14-5-4-7-16(11-14)19(20,21)22/h2-8,11,13H,9-10,12H2,1H3/t13-/m0/s1. The van der Waals surface area contributed by atoms with Crippen LogP contribution in [0, 0.1) is 0 Å². The molecule has 8 heteroatoms. The van der Waals surface area contributed by atoms with E-state index < -0.39 is 38.5 Å². The first-order chi connectivity index (χ1) is 12.6. The van der Waals surface area contributed by atoms with Gasteiger partial charge in [-0.2, -0.15) is 13.2 Å². The fraction of sp³-hybridized carbons (Fsp3) is 0.316. The number of rotatable bonds is 4. The number of anilines is 1. The van der Waals surface area contributed by atoms with Gasteiger partial charge in [-0.25, -0.2) is 8.42 Å². The van der Waals surface area contributed by atoms with Crippen LogP contribution in [-0.2, 0) is 33.0 Å². The molecule has 2 aromatic carbocycles. The Balaban J connectivity index is 1.80. The Hall–Kier alpha value is -2.35. The zero-order valence-electron chi connectivity index (χ0n) is 14.5. The van der Waals surface area contributed by atoms with Gasteiger partial charge in [0.15, 0.2) is 9.84 Å². The number of alkyl halides is 3. The van der Waals surface area contributed by atoms with Gasteiger partial charge in [-0.15, -0.1) is 0 Å². The number of benzene rings is 2. The first-order valence-electron chi connectivity index (χ1n) is 8.36. The van der Waals surface area contributed by atoms with Crippen LogP contribution in [0.2, 0.25) is 0 Å². The van der Waals surface area contributed by atoms with Crippen molar-refractivity contribution < 1.29 is 26.4 Å². The molecule has 0 aromatic heterocycles. The highest BCUT2D eigenvalue weighted by molar-refractivity contribution is 7.92. The van der Waals surface area contributed by atoms with Crippen molar-refractivity contribution in [1.82, 2.24) is 0 Å². The van der Waals surface area contributed by atoms with Crippen LogP contribution in [0.25, 0.3) is 0 Å². The Morgan fingerprint density at radius 2 is 1.85 bits per heavy atom. The van der Waals surface area contributed by atoms with Crippen molar-refractivity contribution in [1.29, 1.82) is 0 Å². The molecular weight excluding hydrogens is 379 g/mol. The molecule has 0 spiro atoms. The number of para-hydroxylation sites is 1. The molecular formula is C19H18F3NO3S. The molecule has 27 heavy (non-hydrogen) atoms. The van der Waals surface area contributed by atoms with Crippen molar-refractivity contribution in [2.24, 2.45) is 0 Å². The van der Waals surface area contributed by atoms with E-state index in [0.29, 0.717) is 18.7 Å². The topological polar surface area (TPSA) is 54.5 Å². The second-order valence-corrected chi connectivity index (χ2v) is 8.84. The van der Waals surface area contributed by atoms with E-state index >= 15 is 0 Å². The van der Waals surface area contributed by atoms with Gasteiger partial charge in [0, 0.05) is 12.2 Å². The number of hydrogen-bond acceptors (Lipinski definition) is 3. The maximum absolute atomic E-state index is 12.8. The minimum Gasteiger partial charge on any atom is -0.311 e. The van der Waals surface area contributed by atoms with Gasteiger partial charge in [0.1, 0.15) is 5.25 Å². The first-order valence-corrected chi connectivity index (χ1v) is 10.1. The molecule has 0 unspecified atom stereocenters. The second-order valence-electron chi connectivity index (χ2n) is 6.52. The lowest BCUT2D eigenvalue weighted by Crippen LogP contribution is -2.41. The van der Waals surface area contributed by atoms with E-state index in [1.165, 1.54) is 17.9 Å². The zero-order chi connectivity index (χ0) is 19.8. The maximum atomic E-state index is 12.8. The number of sulfone groups is 1. The molecule has 0 radical (unpaired) electrons. The smallest absolute Gasteiger partial charge is 0.311 e. The van der Waals surface area contributed by atoms with Gasteiger partial charge in [-0.1, -0.05) is 36.4 Å². The van der Waals surface area contributed by atoms with Gasteiger partial charge in [-0.05, 0) is 36.6 Å². The molecule has 2 aromatic rings. The summed E-state index contributed by atoms with van der Waals surface area (Å²) in [5.74, 6) is -1.19. The zero-order valence-corrected chi connectivity index (χ0v) is 15.3. The molecule has 3 rings (SSSR count). The Bertz CT molecular complexity index is 970. The van der Waals surface area contributed by atoms with Crippen LogP contribution in [-0.4, -0.2) is 26.1 Å². The van der Waals surface area contributed by atoms with Gasteiger partial charge in [0.05, 0.1) is 11.3 Å². The highest BCUT2D eigenvalue weighted by Crippen LogP contribution is 2.31. The monoisotopic (exact) mass is 397 g/mol. The van der Waals surface area contributed by atoms with E-state index in [1.54, 1.807) is 12.1 Å². The average molecular weight is 397 g/mol. The number of amides is 1. The predicted molar refractivity (Wildman–Crippen MR) is 96.0 cm³/mol. The fourth-order valence-corrected chi connectivity index (χ4v) is 4.46. The quantitative estimate of drug-likeness (QED) is 0.792. The first kappa shape index (κ1) is 19.4. The summed E-state index contributed by atoms with van der Waals surface area (Å²) in [6, 6.07) is 11.4. The van der Waals surface area contributed by atoms with E-state index in [0.717, 1.165) is 23.8 Å². The summed E-state index contributed by atoms with van der Waals surface area (Å²) in [5, 5.41) is -1.35. The van der Waals surface area contributed by atoms with Gasteiger partial charge in [0.25, 0.3) is 0 Å². The minimum atomic E-state index is -4.56. The molecule has 0 aliphatic carbocycles. The molecule has 1 aliphatic rings. The SMILES string of the molecule is C[C@@H](C(=O)N1CCc2ccccc21)S(=O)(=O)Cc1cccc(C(F)(F)F)c1. The minimum absolute atomic E-state index is 0.00583. The molecule has 0 saturated heterocycles. The summed E-state index contributed by atoms with van der Waals surface area (Å²) >= 11 is 0. The van der Waals surface area contributed by atoms with E-state index in [4.69, 9.17) is 0 Å². The lowest BCUT2D eigenvalue weighted by atomic mass is 10.1. The Morgan fingerprint density at radius 1 is 1.15 bits per heavy atom. The highest BCUT2D eigenvalue weighted by Gasteiger charge is 2.36. The number of fused-ring (bicyclic) bond motifs is 1. The van der Waals surface area contributed by atoms with Crippen LogP contribution in [0.15, 0.2) is 48.5 Å². The summed E-state index contributed by atoms with van der Waals surface area (Å²) in [6.07, 6.45) is -3.91. The van der Waals surface area contributed by atoms with Crippen LogP contribution in [0.4, 0.5) is 18.9 Å². The molecule has 0 bridgehead atoms. The summed E-state index contributed by atoms with van der Waals surface area (Å²) in [6.45, 7) is 1.67. The van der Waals surface area contributed by atoms with Crippen LogP contribution in [0.1, 0.15) is 23.6 Å². The lowest BCUT2D eigenvalue weighted by Gasteiger charge is -2.22. The van der Waals surface area contributed by atoms with E-state index in [1.807, 2.05) is 12.1 Å². The molecule has 1 heterocycles. The van der Waals surface area contributed by atoms with Crippen molar-refractivity contribution in [3.05, 3.63) is 65.2 Å². The molecule has 1 aliphatic heterocycles. The Kier molecular flexibility index (Phi) is 5.03. The van der Waals surface area contributed by atoms with Crippen LogP contribution in [0.3, 0.4) is 0 Å². The van der Waals surface area contributed by atoms with E-state index in [-0.39, 0.29) is 5.56 Å². The van der Waals surface area contributed by atoms with Gasteiger partial charge >= 0.3 is 6.18 Å².